The van der Waals surface area contributed by atoms with Crippen LogP contribution in [0, 0.1) is 0 Å². The number of fused-ring (bicyclic) bond motifs is 1. The highest BCUT2D eigenvalue weighted by atomic mass is 16.6. The molecule has 3 aliphatic rings. The standard InChI is InChI=1S/C10H12O4/c11-7-1-3-9(13-7)5-6-10(9)4-2-8(12)14-10/h1-6H2/t9-,10-/m0/s1. The van der Waals surface area contributed by atoms with Crippen LogP contribution in [-0.4, -0.2) is 23.1 Å². The van der Waals surface area contributed by atoms with E-state index in [1.54, 1.807) is 0 Å². The van der Waals surface area contributed by atoms with Gasteiger partial charge in [-0.1, -0.05) is 0 Å². The molecule has 2 saturated heterocycles. The molecule has 3 fully saturated rings. The van der Waals surface area contributed by atoms with Gasteiger partial charge in [0.05, 0.1) is 0 Å². The van der Waals surface area contributed by atoms with E-state index in [0.29, 0.717) is 12.8 Å². The summed E-state index contributed by atoms with van der Waals surface area (Å²) in [6, 6.07) is 0. The molecule has 0 amide bonds. The summed E-state index contributed by atoms with van der Waals surface area (Å²) in [5, 5.41) is 0. The molecule has 4 heteroatoms. The summed E-state index contributed by atoms with van der Waals surface area (Å²) in [6.07, 6.45) is 4.09. The first-order chi connectivity index (χ1) is 6.66. The molecule has 0 bridgehead atoms. The zero-order valence-corrected chi connectivity index (χ0v) is 7.88. The maximum absolute atomic E-state index is 11.1. The molecule has 2 spiro atoms. The second kappa shape index (κ2) is 2.30. The Morgan fingerprint density at radius 1 is 0.786 bits per heavy atom. The Bertz CT molecular complexity index is 292. The zero-order valence-electron chi connectivity index (χ0n) is 7.88. The van der Waals surface area contributed by atoms with Gasteiger partial charge in [-0.3, -0.25) is 9.59 Å². The van der Waals surface area contributed by atoms with Crippen LogP contribution in [0.3, 0.4) is 0 Å². The maximum atomic E-state index is 11.1. The van der Waals surface area contributed by atoms with Crippen molar-refractivity contribution in [1.82, 2.24) is 0 Å². The van der Waals surface area contributed by atoms with E-state index in [1.165, 1.54) is 0 Å². The minimum absolute atomic E-state index is 0.146. The molecule has 14 heavy (non-hydrogen) atoms. The molecule has 1 saturated carbocycles. The van der Waals surface area contributed by atoms with Crippen LogP contribution in [0.25, 0.3) is 0 Å². The van der Waals surface area contributed by atoms with Gasteiger partial charge in [0, 0.05) is 25.7 Å². The lowest BCUT2D eigenvalue weighted by Crippen LogP contribution is -2.62. The Kier molecular flexibility index (Phi) is 1.36. The second-order valence-electron chi connectivity index (χ2n) is 4.44. The molecule has 0 aromatic carbocycles. The van der Waals surface area contributed by atoms with Gasteiger partial charge in [0.25, 0.3) is 0 Å². The summed E-state index contributed by atoms with van der Waals surface area (Å²) >= 11 is 0. The third-order valence-electron chi connectivity index (χ3n) is 3.85. The van der Waals surface area contributed by atoms with E-state index in [-0.39, 0.29) is 11.9 Å². The van der Waals surface area contributed by atoms with Crippen LogP contribution >= 0.6 is 0 Å². The van der Waals surface area contributed by atoms with Gasteiger partial charge in [0.1, 0.15) is 0 Å². The van der Waals surface area contributed by atoms with Crippen molar-refractivity contribution in [2.45, 2.75) is 49.7 Å². The summed E-state index contributed by atoms with van der Waals surface area (Å²) in [4.78, 5) is 22.2. The van der Waals surface area contributed by atoms with Gasteiger partial charge < -0.3 is 9.47 Å². The lowest BCUT2D eigenvalue weighted by atomic mass is 9.62. The van der Waals surface area contributed by atoms with Crippen LogP contribution in [0.4, 0.5) is 0 Å². The van der Waals surface area contributed by atoms with E-state index in [1.807, 2.05) is 0 Å². The van der Waals surface area contributed by atoms with Gasteiger partial charge in [-0.2, -0.15) is 0 Å². The molecule has 1 aliphatic carbocycles. The van der Waals surface area contributed by atoms with Crippen LogP contribution in [0.15, 0.2) is 0 Å². The molecule has 0 aromatic heterocycles. The summed E-state index contributed by atoms with van der Waals surface area (Å²) in [5.41, 5.74) is -0.896. The van der Waals surface area contributed by atoms with Gasteiger partial charge >= 0.3 is 11.9 Å². The minimum Gasteiger partial charge on any atom is -0.455 e. The predicted octanol–water partition coefficient (Wildman–Crippen LogP) is 0.932. The minimum atomic E-state index is -0.448. The first-order valence-corrected chi connectivity index (χ1v) is 5.10. The van der Waals surface area contributed by atoms with Gasteiger partial charge in [-0.05, 0) is 12.8 Å². The van der Waals surface area contributed by atoms with Crippen molar-refractivity contribution < 1.29 is 19.1 Å². The molecule has 2 aliphatic heterocycles. The third kappa shape index (κ3) is 0.792. The van der Waals surface area contributed by atoms with Crippen LogP contribution < -0.4 is 0 Å². The fourth-order valence-corrected chi connectivity index (χ4v) is 2.92. The zero-order chi connectivity index (χ0) is 9.81. The van der Waals surface area contributed by atoms with Crippen LogP contribution in [0.1, 0.15) is 38.5 Å². The Hall–Kier alpha value is -1.06. The molecule has 0 N–H and O–H groups in total. The van der Waals surface area contributed by atoms with E-state index < -0.39 is 11.2 Å². The molecule has 76 valence electrons. The van der Waals surface area contributed by atoms with E-state index in [2.05, 4.69) is 0 Å². The summed E-state index contributed by atoms with van der Waals surface area (Å²) < 4.78 is 10.7. The van der Waals surface area contributed by atoms with E-state index in [9.17, 15) is 9.59 Å². The van der Waals surface area contributed by atoms with Crippen LogP contribution in [-0.2, 0) is 19.1 Å². The average Bonchev–Trinajstić information content (AvgIpc) is 2.71. The molecule has 4 nitrogen and oxygen atoms in total. The lowest BCUT2D eigenvalue weighted by Gasteiger charge is -2.52. The van der Waals surface area contributed by atoms with Crippen molar-refractivity contribution in [3.8, 4) is 0 Å². The molecular formula is C10H12O4. The van der Waals surface area contributed by atoms with Crippen molar-refractivity contribution in [2.24, 2.45) is 0 Å². The van der Waals surface area contributed by atoms with E-state index >= 15 is 0 Å². The molecule has 0 aromatic rings. The van der Waals surface area contributed by atoms with Crippen LogP contribution in [0.2, 0.25) is 0 Å². The first-order valence-electron chi connectivity index (χ1n) is 5.10. The fourth-order valence-electron chi connectivity index (χ4n) is 2.92. The Morgan fingerprint density at radius 3 is 1.43 bits per heavy atom. The Morgan fingerprint density at radius 2 is 1.21 bits per heavy atom. The highest BCUT2D eigenvalue weighted by Gasteiger charge is 2.68. The fraction of sp³-hybridized carbons (Fsp3) is 0.800. The SMILES string of the molecule is O=C1CC[C@@]2(CC[C@@]23CCC(=O)O3)O1. The summed E-state index contributed by atoms with van der Waals surface area (Å²) in [5.74, 6) is -0.293. The molecule has 2 heterocycles. The number of hydrogen-bond donors (Lipinski definition) is 0. The van der Waals surface area contributed by atoms with Crippen molar-refractivity contribution in [1.29, 1.82) is 0 Å². The largest absolute Gasteiger partial charge is 0.455 e. The van der Waals surface area contributed by atoms with E-state index in [0.717, 1.165) is 25.7 Å². The van der Waals surface area contributed by atoms with E-state index in [4.69, 9.17) is 9.47 Å². The smallest absolute Gasteiger partial charge is 0.306 e. The number of carbonyl (C=O) groups excluding carboxylic acids is 2. The number of ether oxygens (including phenoxy) is 2. The first kappa shape index (κ1) is 8.26. The topological polar surface area (TPSA) is 52.6 Å². The van der Waals surface area contributed by atoms with Gasteiger partial charge in [0.2, 0.25) is 0 Å². The van der Waals surface area contributed by atoms with Crippen molar-refractivity contribution in [2.75, 3.05) is 0 Å². The molecular weight excluding hydrogens is 184 g/mol. The third-order valence-corrected chi connectivity index (χ3v) is 3.85. The predicted molar refractivity (Wildman–Crippen MR) is 45.3 cm³/mol. The van der Waals surface area contributed by atoms with Gasteiger partial charge in [0.15, 0.2) is 11.2 Å². The number of rotatable bonds is 0. The lowest BCUT2D eigenvalue weighted by molar-refractivity contribution is -0.228. The average molecular weight is 196 g/mol. The Balaban J connectivity index is 1.89. The van der Waals surface area contributed by atoms with Crippen molar-refractivity contribution in [3.05, 3.63) is 0 Å². The molecule has 2 atom stereocenters. The maximum Gasteiger partial charge on any atom is 0.306 e. The Labute approximate surface area is 81.6 Å². The summed E-state index contributed by atoms with van der Waals surface area (Å²) in [7, 11) is 0. The molecule has 3 rings (SSSR count). The molecule has 0 radical (unpaired) electrons. The quantitative estimate of drug-likeness (QED) is 0.541. The highest BCUT2D eigenvalue weighted by molar-refractivity contribution is 5.75. The normalized spacial score (nSPS) is 45.4. The van der Waals surface area contributed by atoms with Crippen LogP contribution in [0.5, 0.6) is 0 Å². The van der Waals surface area contributed by atoms with Crippen molar-refractivity contribution >= 4 is 11.9 Å². The second-order valence-corrected chi connectivity index (χ2v) is 4.44. The monoisotopic (exact) mass is 196 g/mol. The van der Waals surface area contributed by atoms with Gasteiger partial charge in [-0.25, -0.2) is 0 Å². The number of carbonyl (C=O) groups is 2. The number of hydrogen-bond acceptors (Lipinski definition) is 4. The molecule has 0 unspecified atom stereocenters. The highest BCUT2D eigenvalue weighted by Crippen LogP contribution is 2.57. The van der Waals surface area contributed by atoms with Gasteiger partial charge in [-0.15, -0.1) is 0 Å². The van der Waals surface area contributed by atoms with Crippen molar-refractivity contribution in [3.63, 3.8) is 0 Å². The summed E-state index contributed by atoms with van der Waals surface area (Å²) in [6.45, 7) is 0. The number of esters is 2.